The van der Waals surface area contributed by atoms with Crippen molar-refractivity contribution in [1.29, 1.82) is 0 Å². The predicted octanol–water partition coefficient (Wildman–Crippen LogP) is 0.385. The zero-order chi connectivity index (χ0) is 6.54. The molecule has 2 saturated heterocycles. The summed E-state index contributed by atoms with van der Waals surface area (Å²) < 4.78 is 5.15. The molecule has 2 aliphatic heterocycles. The van der Waals surface area contributed by atoms with Crippen LogP contribution < -0.4 is 5.32 Å². The van der Waals surface area contributed by atoms with E-state index in [0.717, 1.165) is 19.8 Å². The van der Waals surface area contributed by atoms with Crippen molar-refractivity contribution in [1.82, 2.24) is 5.32 Å². The Morgan fingerprint density at radius 3 is 2.00 bits per heavy atom. The minimum Gasteiger partial charge on any atom is -0.377 e. The summed E-state index contributed by atoms with van der Waals surface area (Å²) in [5, 5.41) is 3.42. The molecule has 2 heteroatoms. The van der Waals surface area contributed by atoms with Gasteiger partial charge < -0.3 is 10.1 Å². The maximum Gasteiger partial charge on any atom is 0.0717 e. The maximum absolute atomic E-state index is 5.15. The topological polar surface area (TPSA) is 21.3 Å². The van der Waals surface area contributed by atoms with Crippen molar-refractivity contribution < 1.29 is 4.74 Å². The van der Waals surface area contributed by atoms with E-state index in [4.69, 9.17) is 4.74 Å². The minimum atomic E-state index is 0.368. The Morgan fingerprint density at radius 1 is 1.33 bits per heavy atom. The lowest BCUT2D eigenvalue weighted by Gasteiger charge is -2.61. The summed E-state index contributed by atoms with van der Waals surface area (Å²) in [6, 6.07) is 0. The molecule has 0 aromatic heterocycles. The van der Waals surface area contributed by atoms with Gasteiger partial charge in [0.15, 0.2) is 0 Å². The Labute approximate surface area is 55.6 Å². The number of hydrogen-bond acceptors (Lipinski definition) is 2. The molecule has 2 rings (SSSR count). The molecule has 0 radical (unpaired) electrons. The van der Waals surface area contributed by atoms with Gasteiger partial charge in [0.25, 0.3) is 0 Å². The lowest BCUT2D eigenvalue weighted by molar-refractivity contribution is -0.178. The van der Waals surface area contributed by atoms with Crippen LogP contribution in [0.25, 0.3) is 0 Å². The van der Waals surface area contributed by atoms with Gasteiger partial charge in [0.1, 0.15) is 0 Å². The Kier molecular flexibility index (Phi) is 0.837. The van der Waals surface area contributed by atoms with Gasteiger partial charge in [-0.15, -0.1) is 0 Å². The lowest BCUT2D eigenvalue weighted by atomic mass is 9.64. The van der Waals surface area contributed by atoms with Crippen LogP contribution in [0.15, 0.2) is 0 Å². The fourth-order valence-electron chi connectivity index (χ4n) is 1.49. The highest BCUT2D eigenvalue weighted by Gasteiger charge is 2.57. The van der Waals surface area contributed by atoms with E-state index in [1.54, 1.807) is 0 Å². The third kappa shape index (κ3) is 0.485. The van der Waals surface area contributed by atoms with Gasteiger partial charge in [-0.2, -0.15) is 0 Å². The number of ether oxygens (including phenoxy) is 1. The summed E-state index contributed by atoms with van der Waals surface area (Å²) in [5.74, 6) is 0. The van der Waals surface area contributed by atoms with Crippen LogP contribution in [0.4, 0.5) is 0 Å². The van der Waals surface area contributed by atoms with Crippen LogP contribution in [0, 0.1) is 5.41 Å². The second-order valence-electron chi connectivity index (χ2n) is 3.81. The monoisotopic (exact) mass is 127 g/mol. The first-order chi connectivity index (χ1) is 4.16. The molecular weight excluding hydrogens is 114 g/mol. The third-order valence-corrected chi connectivity index (χ3v) is 2.86. The summed E-state index contributed by atoms with van der Waals surface area (Å²) in [4.78, 5) is 0. The number of rotatable bonds is 0. The lowest BCUT2D eigenvalue weighted by Crippen LogP contribution is -2.79. The average Bonchev–Trinajstić information content (AvgIpc) is 1.59. The summed E-state index contributed by atoms with van der Waals surface area (Å²) in [5.41, 5.74) is 0.845. The van der Waals surface area contributed by atoms with Crippen LogP contribution in [0.2, 0.25) is 0 Å². The van der Waals surface area contributed by atoms with Gasteiger partial charge in [-0.25, -0.2) is 0 Å². The highest BCUT2D eigenvalue weighted by molar-refractivity contribution is 5.13. The fourth-order valence-corrected chi connectivity index (χ4v) is 1.49. The normalized spacial score (nSPS) is 35.3. The summed E-state index contributed by atoms with van der Waals surface area (Å²) in [6.07, 6.45) is 0. The summed E-state index contributed by atoms with van der Waals surface area (Å²) in [6.45, 7) is 7.58. The standard InChI is InChI=1S/C7H13NO/c1-6(2)3-8-7(6)4-9-5-7/h8H,3-5H2,1-2H3. The van der Waals surface area contributed by atoms with Crippen molar-refractivity contribution in [2.75, 3.05) is 19.8 Å². The van der Waals surface area contributed by atoms with Crippen LogP contribution >= 0.6 is 0 Å². The molecule has 2 heterocycles. The summed E-state index contributed by atoms with van der Waals surface area (Å²) >= 11 is 0. The van der Waals surface area contributed by atoms with E-state index in [1.807, 2.05) is 0 Å². The third-order valence-electron chi connectivity index (χ3n) is 2.86. The van der Waals surface area contributed by atoms with E-state index in [2.05, 4.69) is 19.2 Å². The summed E-state index contributed by atoms with van der Waals surface area (Å²) in [7, 11) is 0. The first kappa shape index (κ1) is 5.69. The SMILES string of the molecule is CC1(C)CNC12COC2. The van der Waals surface area contributed by atoms with Crippen LogP contribution in [0.1, 0.15) is 13.8 Å². The molecule has 0 aromatic rings. The molecule has 2 fully saturated rings. The molecule has 0 bridgehead atoms. The van der Waals surface area contributed by atoms with Crippen LogP contribution in [-0.4, -0.2) is 25.3 Å². The molecule has 2 aliphatic rings. The van der Waals surface area contributed by atoms with Crippen LogP contribution in [0.3, 0.4) is 0 Å². The average molecular weight is 127 g/mol. The van der Waals surface area contributed by atoms with Gasteiger partial charge >= 0.3 is 0 Å². The van der Waals surface area contributed by atoms with E-state index in [9.17, 15) is 0 Å². The van der Waals surface area contributed by atoms with Gasteiger partial charge in [-0.05, 0) is 5.41 Å². The molecule has 0 amide bonds. The second kappa shape index (κ2) is 1.32. The van der Waals surface area contributed by atoms with E-state index in [-0.39, 0.29) is 0 Å². The van der Waals surface area contributed by atoms with Crippen molar-refractivity contribution in [2.45, 2.75) is 19.4 Å². The highest BCUT2D eigenvalue weighted by Crippen LogP contribution is 2.43. The van der Waals surface area contributed by atoms with Crippen LogP contribution in [-0.2, 0) is 4.74 Å². The molecule has 0 atom stereocenters. The Hall–Kier alpha value is -0.0800. The molecule has 0 unspecified atom stereocenters. The zero-order valence-corrected chi connectivity index (χ0v) is 6.03. The maximum atomic E-state index is 5.15. The Morgan fingerprint density at radius 2 is 2.00 bits per heavy atom. The Balaban J connectivity index is 2.13. The van der Waals surface area contributed by atoms with E-state index in [0.29, 0.717) is 11.0 Å². The smallest absolute Gasteiger partial charge is 0.0717 e. The van der Waals surface area contributed by atoms with E-state index < -0.39 is 0 Å². The molecular formula is C7H13NO. The number of hydrogen-bond donors (Lipinski definition) is 1. The Bertz CT molecular complexity index is 132. The van der Waals surface area contributed by atoms with E-state index in [1.165, 1.54) is 0 Å². The van der Waals surface area contributed by atoms with Crippen molar-refractivity contribution in [3.8, 4) is 0 Å². The van der Waals surface area contributed by atoms with Crippen molar-refractivity contribution in [3.05, 3.63) is 0 Å². The first-order valence-corrected chi connectivity index (χ1v) is 3.49. The molecule has 1 N–H and O–H groups in total. The molecule has 0 saturated carbocycles. The molecule has 52 valence electrons. The molecule has 1 spiro atoms. The van der Waals surface area contributed by atoms with Crippen molar-refractivity contribution >= 4 is 0 Å². The van der Waals surface area contributed by atoms with Crippen molar-refractivity contribution in [2.24, 2.45) is 5.41 Å². The zero-order valence-electron chi connectivity index (χ0n) is 6.03. The van der Waals surface area contributed by atoms with Gasteiger partial charge in [0.05, 0.1) is 18.8 Å². The second-order valence-corrected chi connectivity index (χ2v) is 3.81. The quantitative estimate of drug-likeness (QED) is 0.508. The van der Waals surface area contributed by atoms with Crippen LogP contribution in [0.5, 0.6) is 0 Å². The predicted molar refractivity (Wildman–Crippen MR) is 35.3 cm³/mol. The van der Waals surface area contributed by atoms with Gasteiger partial charge in [-0.3, -0.25) is 0 Å². The first-order valence-electron chi connectivity index (χ1n) is 3.49. The molecule has 2 nitrogen and oxygen atoms in total. The van der Waals surface area contributed by atoms with E-state index >= 15 is 0 Å². The largest absolute Gasteiger partial charge is 0.377 e. The van der Waals surface area contributed by atoms with Gasteiger partial charge in [0, 0.05) is 6.54 Å². The molecule has 0 aliphatic carbocycles. The fraction of sp³-hybridized carbons (Fsp3) is 1.00. The molecule has 0 aromatic carbocycles. The minimum absolute atomic E-state index is 0.368. The number of nitrogens with one attached hydrogen (secondary N) is 1. The van der Waals surface area contributed by atoms with Gasteiger partial charge in [-0.1, -0.05) is 13.8 Å². The highest BCUT2D eigenvalue weighted by atomic mass is 16.5. The molecule has 9 heavy (non-hydrogen) atoms. The van der Waals surface area contributed by atoms with Gasteiger partial charge in [0.2, 0.25) is 0 Å². The van der Waals surface area contributed by atoms with Crippen molar-refractivity contribution in [3.63, 3.8) is 0 Å².